The van der Waals surface area contributed by atoms with E-state index in [0.29, 0.717) is 112 Å². The van der Waals surface area contributed by atoms with Gasteiger partial charge in [0, 0.05) is 165 Å². The Morgan fingerprint density at radius 1 is 0.353 bits per heavy atom. The predicted molar refractivity (Wildman–Crippen MR) is 460 cm³/mol. The average molecular weight is 1680 g/mol. The number of nitrogens with zero attached hydrogens (tertiary/aromatic N) is 8. The van der Waals surface area contributed by atoms with Crippen LogP contribution in [0.3, 0.4) is 0 Å². The molecule has 20 rings (SSSR count). The molecule has 1 aromatic heterocycles. The van der Waals surface area contributed by atoms with Crippen LogP contribution in [0.15, 0.2) is 303 Å². The molecule has 0 spiro atoms. The van der Waals surface area contributed by atoms with Gasteiger partial charge in [0.2, 0.25) is 11.8 Å². The topological polar surface area (TPSA) is 172 Å². The molecule has 22 heteroatoms. The molecule has 4 atom stereocenters. The number of ether oxygens (including phenoxy) is 1. The van der Waals surface area contributed by atoms with Crippen LogP contribution in [0.5, 0.6) is 0 Å². The van der Waals surface area contributed by atoms with Gasteiger partial charge >= 0.3 is 0 Å². The SMILES string of the molecule is COCC(=O)N1CCN2C(=O)c3ccccc3C12c1ccc(Cl)cc1.O=C(CC(c1ccccc1)c1ccccc1)N1CCN2C(=O)c3ccccc3C12c1ccc(Cl)cc1.O=C(CCCc1ccccc1)N1CCN2C(=O)c3ccccc3C12c1ccc(Cl)cc1.O=C(c1cccs1)N1CCN2C(=O)c3ccccc3C12c1ccc(Cl)cc1. The van der Waals surface area contributed by atoms with Gasteiger partial charge in [0.05, 0.1) is 4.88 Å². The predicted octanol–water partition coefficient (Wildman–Crippen LogP) is 17.6. The summed E-state index contributed by atoms with van der Waals surface area (Å²) in [7, 11) is 1.49. The zero-order chi connectivity index (χ0) is 82.3. The molecular weight excluding hydrogens is 1590 g/mol. The van der Waals surface area contributed by atoms with E-state index in [2.05, 4.69) is 36.4 Å². The normalized spacial score (nSPS) is 19.8. The summed E-state index contributed by atoms with van der Waals surface area (Å²) in [6.45, 7) is 3.87. The molecule has 8 amide bonds. The minimum atomic E-state index is -0.979. The second-order valence-corrected chi connectivity index (χ2v) is 32.8. The van der Waals surface area contributed by atoms with Crippen LogP contribution in [0, 0.1) is 0 Å². The molecule has 4 saturated heterocycles. The van der Waals surface area contributed by atoms with Gasteiger partial charge in [0.1, 0.15) is 6.61 Å². The summed E-state index contributed by atoms with van der Waals surface area (Å²) in [6, 6.07) is 94.3. The molecule has 4 fully saturated rings. The summed E-state index contributed by atoms with van der Waals surface area (Å²) in [4.78, 5) is 122. The lowest BCUT2D eigenvalue weighted by Crippen LogP contribution is -2.52. The van der Waals surface area contributed by atoms with Crippen LogP contribution in [0.1, 0.15) is 137 Å². The van der Waals surface area contributed by atoms with Crippen molar-refractivity contribution < 1.29 is 43.1 Å². The molecule has 0 saturated carbocycles. The molecular formula is C97H80Cl4N8O9S. The summed E-state index contributed by atoms with van der Waals surface area (Å²) < 4.78 is 5.06. The third-order valence-corrected chi connectivity index (χ3v) is 25.9. The Morgan fingerprint density at radius 3 is 1.01 bits per heavy atom. The molecule has 0 aliphatic carbocycles. The van der Waals surface area contributed by atoms with Gasteiger partial charge in [-0.3, -0.25) is 38.4 Å². The van der Waals surface area contributed by atoms with Crippen molar-refractivity contribution >= 4 is 105 Å². The number of carbonyl (C=O) groups is 8. The van der Waals surface area contributed by atoms with Gasteiger partial charge in [-0.2, -0.15) is 0 Å². The molecule has 596 valence electrons. The van der Waals surface area contributed by atoms with Crippen molar-refractivity contribution in [3.63, 3.8) is 0 Å². The van der Waals surface area contributed by atoms with Gasteiger partial charge in [0.15, 0.2) is 22.7 Å². The maximum absolute atomic E-state index is 14.3. The van der Waals surface area contributed by atoms with Crippen molar-refractivity contribution in [3.8, 4) is 0 Å². The van der Waals surface area contributed by atoms with Gasteiger partial charge < -0.3 is 43.9 Å². The highest BCUT2D eigenvalue weighted by molar-refractivity contribution is 7.12. The molecule has 8 aliphatic heterocycles. The van der Waals surface area contributed by atoms with Crippen LogP contribution < -0.4 is 0 Å². The van der Waals surface area contributed by atoms with E-state index in [0.717, 1.165) is 68.5 Å². The first kappa shape index (κ1) is 79.5. The fraction of sp³-hybridized carbons (Fsp3) is 0.196. The Hall–Kier alpha value is -12.0. The molecule has 9 heterocycles. The third kappa shape index (κ3) is 13.4. The van der Waals surface area contributed by atoms with Crippen molar-refractivity contribution in [2.45, 2.75) is 54.3 Å². The number of amides is 8. The van der Waals surface area contributed by atoms with Crippen molar-refractivity contribution in [1.82, 2.24) is 39.2 Å². The highest BCUT2D eigenvalue weighted by atomic mass is 35.5. The molecule has 0 N–H and O–H groups in total. The van der Waals surface area contributed by atoms with Crippen LogP contribution in [0.2, 0.25) is 20.1 Å². The number of thiophene rings is 1. The molecule has 119 heavy (non-hydrogen) atoms. The second kappa shape index (κ2) is 33.1. The first-order chi connectivity index (χ1) is 58.0. The molecule has 4 unspecified atom stereocenters. The molecule has 11 aromatic carbocycles. The van der Waals surface area contributed by atoms with Gasteiger partial charge in [-0.05, 0) is 114 Å². The lowest BCUT2D eigenvalue weighted by atomic mass is 9.86. The smallest absolute Gasteiger partial charge is 0.266 e. The summed E-state index contributed by atoms with van der Waals surface area (Å²) in [5.74, 6) is -0.392. The van der Waals surface area contributed by atoms with E-state index < -0.39 is 22.7 Å². The van der Waals surface area contributed by atoms with Crippen molar-refractivity contribution in [3.05, 3.63) is 411 Å². The Labute approximate surface area is 713 Å². The van der Waals surface area contributed by atoms with E-state index in [9.17, 15) is 38.4 Å². The van der Waals surface area contributed by atoms with Gasteiger partial charge in [-0.1, -0.05) is 265 Å². The minimum Gasteiger partial charge on any atom is -0.375 e. The number of methoxy groups -OCH3 is 1. The molecule has 17 nitrogen and oxygen atoms in total. The van der Waals surface area contributed by atoms with E-state index in [1.165, 1.54) is 24.0 Å². The van der Waals surface area contributed by atoms with E-state index in [1.54, 1.807) is 34.1 Å². The quantitative estimate of drug-likeness (QED) is 0.0968. The second-order valence-electron chi connectivity index (χ2n) is 30.1. The highest BCUT2D eigenvalue weighted by Crippen LogP contribution is 2.55. The number of benzene rings is 11. The molecule has 8 aliphatic rings. The molecule has 12 aromatic rings. The number of fused-ring (bicyclic) bond motifs is 12. The van der Waals surface area contributed by atoms with E-state index in [4.69, 9.17) is 51.1 Å². The maximum atomic E-state index is 14.3. The summed E-state index contributed by atoms with van der Waals surface area (Å²) in [5, 5.41) is 4.36. The van der Waals surface area contributed by atoms with Crippen LogP contribution in [0.25, 0.3) is 0 Å². The van der Waals surface area contributed by atoms with E-state index in [-0.39, 0.29) is 59.8 Å². The Balaban J connectivity index is 0.000000114. The number of aryl methyl sites for hydroxylation is 1. The van der Waals surface area contributed by atoms with Gasteiger partial charge in [0.25, 0.3) is 35.4 Å². The maximum Gasteiger partial charge on any atom is 0.266 e. The first-order valence-corrected chi connectivity index (χ1v) is 42.0. The first-order valence-electron chi connectivity index (χ1n) is 39.6. The standard InChI is InChI=1S/C31H25ClN2O2.C26H23ClN2O2.C21H15ClN2O2S.C19H17ClN2O3/c32-25-17-15-24(16-18-25)31-28-14-8-7-13-26(28)30(36)34(31)20-19-33(31)29(35)21-27(22-9-3-1-4-10-22)23-11-5-2-6-12-23;27-21-15-13-20(14-16-21)26-23-11-5-4-10-22(23)25(31)29(26)18-17-28(26)24(30)12-6-9-19-7-2-1-3-8-19;22-15-9-7-14(8-10-15)21-17-5-2-1-4-16(17)19(25)23(21)11-12-24(21)20(26)18-6-3-13-27-18;1-25-12-17(23)21-10-11-22-18(24)15-4-2-3-5-16(15)19(21,22)13-6-8-14(20)9-7-13/h1-18,27H,19-21H2;1-5,7-8,10-11,13-16H,6,9,12,17-18H2;1-10,13H,11-12H2;2-9H,10-12H2,1H3. The fourth-order valence-electron chi connectivity index (χ4n) is 19.1. The lowest BCUT2D eigenvalue weighted by molar-refractivity contribution is -0.140. The molecule has 0 bridgehead atoms. The van der Waals surface area contributed by atoms with Crippen molar-refractivity contribution in [1.29, 1.82) is 0 Å². The Kier molecular flexibility index (Phi) is 22.1. The van der Waals surface area contributed by atoms with Gasteiger partial charge in [-0.15, -0.1) is 11.3 Å². The zero-order valence-corrected chi connectivity index (χ0v) is 68.6. The number of hydrogen-bond donors (Lipinski definition) is 0. The number of rotatable bonds is 15. The largest absolute Gasteiger partial charge is 0.375 e. The lowest BCUT2D eigenvalue weighted by Gasteiger charge is -2.41. The summed E-state index contributed by atoms with van der Waals surface area (Å²) in [5.41, 5.74) is 9.12. The third-order valence-electron chi connectivity index (χ3n) is 24.0. The average Bonchev–Trinajstić information content (AvgIpc) is 1.56. The van der Waals surface area contributed by atoms with Crippen LogP contribution in [-0.4, -0.2) is 153 Å². The number of halogens is 4. The summed E-state index contributed by atoms with van der Waals surface area (Å²) >= 11 is 26.0. The summed E-state index contributed by atoms with van der Waals surface area (Å²) in [6.07, 6.45) is 2.36. The van der Waals surface area contributed by atoms with E-state index >= 15 is 0 Å². The Morgan fingerprint density at radius 2 is 0.664 bits per heavy atom. The fourth-order valence-corrected chi connectivity index (χ4v) is 20.3. The van der Waals surface area contributed by atoms with Crippen LogP contribution >= 0.6 is 57.7 Å². The van der Waals surface area contributed by atoms with Crippen molar-refractivity contribution in [2.24, 2.45) is 0 Å². The monoisotopic (exact) mass is 1670 g/mol. The number of hydrogen-bond acceptors (Lipinski definition) is 10. The van der Waals surface area contributed by atoms with Crippen LogP contribution in [-0.2, 0) is 48.2 Å². The number of carbonyl (C=O) groups excluding carboxylic acids is 8. The van der Waals surface area contributed by atoms with Gasteiger partial charge in [-0.25, -0.2) is 0 Å². The van der Waals surface area contributed by atoms with Crippen molar-refractivity contribution in [2.75, 3.05) is 66.1 Å². The highest BCUT2D eigenvalue weighted by Gasteiger charge is 2.64. The zero-order valence-electron chi connectivity index (χ0n) is 64.8. The van der Waals surface area contributed by atoms with E-state index in [1.807, 2.05) is 271 Å². The minimum absolute atomic E-state index is 0.00894. The van der Waals surface area contributed by atoms with Crippen LogP contribution in [0.4, 0.5) is 0 Å². The Bertz CT molecular complexity index is 5840. The molecule has 0 radical (unpaired) electrons.